The maximum absolute atomic E-state index is 12.1. The van der Waals surface area contributed by atoms with Gasteiger partial charge >= 0.3 is 11.3 Å². The van der Waals surface area contributed by atoms with E-state index in [-0.39, 0.29) is 0 Å². The van der Waals surface area contributed by atoms with Crippen molar-refractivity contribution in [1.82, 2.24) is 10.3 Å². The van der Waals surface area contributed by atoms with E-state index in [2.05, 4.69) is 10.3 Å². The zero-order valence-electron chi connectivity index (χ0n) is 11.7. The van der Waals surface area contributed by atoms with Gasteiger partial charge in [-0.15, -0.1) is 11.3 Å². The lowest BCUT2D eigenvalue weighted by Gasteiger charge is -1.93. The van der Waals surface area contributed by atoms with Crippen LogP contribution in [-0.4, -0.2) is 10.3 Å². The summed E-state index contributed by atoms with van der Waals surface area (Å²) in [4.78, 5) is 16.6. The molecule has 0 fully saturated rings. The molecule has 0 atom stereocenters. The van der Waals surface area contributed by atoms with Crippen LogP contribution in [0.4, 0.5) is 0 Å². The molecule has 0 radical (unpaired) electrons. The van der Waals surface area contributed by atoms with Gasteiger partial charge in [-0.2, -0.15) is 0 Å². The Morgan fingerprint density at radius 1 is 1.14 bits per heavy atom. The average molecular weight is 310 g/mol. The Bertz CT molecular complexity index is 979. The molecule has 2 heterocycles. The number of nitrogens with zero attached hydrogens (tertiary/aromatic N) is 2. The lowest BCUT2D eigenvalue weighted by atomic mass is 10.2. The molecule has 0 aliphatic heterocycles. The molecular formula is C16H12N3O2S+. The fraction of sp³-hybridized carbons (Fsp3) is 0.0625. The first-order valence-corrected chi connectivity index (χ1v) is 7.60. The minimum Gasteiger partial charge on any atom is -0.282 e. The molecule has 4 aromatic rings. The van der Waals surface area contributed by atoms with Crippen molar-refractivity contribution >= 4 is 21.6 Å². The highest BCUT2D eigenvalue weighted by molar-refractivity contribution is 7.21. The monoisotopic (exact) mass is 310 g/mol. The minimum atomic E-state index is -0.431. The van der Waals surface area contributed by atoms with Gasteiger partial charge in [0, 0.05) is 12.1 Å². The number of rotatable bonds is 2. The van der Waals surface area contributed by atoms with E-state index in [0.717, 1.165) is 21.5 Å². The number of benzene rings is 2. The molecule has 6 heteroatoms. The van der Waals surface area contributed by atoms with E-state index in [0.29, 0.717) is 10.7 Å². The number of aromatic nitrogens is 3. The second-order valence-corrected chi connectivity index (χ2v) is 6.02. The molecule has 0 unspecified atom stereocenters. The third kappa shape index (κ3) is 2.05. The second kappa shape index (κ2) is 4.92. The van der Waals surface area contributed by atoms with E-state index in [1.807, 2.05) is 55.5 Å². The number of aryl methyl sites for hydroxylation is 1. The molecule has 0 aliphatic carbocycles. The van der Waals surface area contributed by atoms with Gasteiger partial charge in [-0.1, -0.05) is 29.8 Å². The lowest BCUT2D eigenvalue weighted by Crippen LogP contribution is -2.36. The number of thiazole rings is 1. The fourth-order valence-electron chi connectivity index (χ4n) is 2.30. The Morgan fingerprint density at radius 3 is 2.68 bits per heavy atom. The number of nitrogens with one attached hydrogen (secondary N) is 1. The molecule has 0 bridgehead atoms. The summed E-state index contributed by atoms with van der Waals surface area (Å²) in [6.45, 7) is 2.01. The van der Waals surface area contributed by atoms with Crippen molar-refractivity contribution in [3.63, 3.8) is 0 Å². The molecule has 0 amide bonds. The molecule has 5 nitrogen and oxygen atoms in total. The zero-order valence-corrected chi connectivity index (χ0v) is 12.6. The van der Waals surface area contributed by atoms with Crippen LogP contribution in [0.2, 0.25) is 0 Å². The number of para-hydroxylation sites is 1. The van der Waals surface area contributed by atoms with Gasteiger partial charge in [0.1, 0.15) is 0 Å². The molecule has 22 heavy (non-hydrogen) atoms. The van der Waals surface area contributed by atoms with Crippen LogP contribution in [0.15, 0.2) is 57.8 Å². The highest BCUT2D eigenvalue weighted by atomic mass is 32.1. The molecule has 0 saturated carbocycles. The van der Waals surface area contributed by atoms with E-state index in [1.165, 1.54) is 11.3 Å². The Balaban J connectivity index is 1.93. The summed E-state index contributed by atoms with van der Waals surface area (Å²) in [5.41, 5.74) is 2.82. The van der Waals surface area contributed by atoms with E-state index in [9.17, 15) is 4.79 Å². The van der Waals surface area contributed by atoms with Crippen LogP contribution in [0.5, 0.6) is 0 Å². The number of hydrogen-bond acceptors (Lipinski definition) is 4. The van der Waals surface area contributed by atoms with Gasteiger partial charge in [-0.25, -0.2) is 9.78 Å². The fourth-order valence-corrected chi connectivity index (χ4v) is 3.29. The highest BCUT2D eigenvalue weighted by Gasteiger charge is 2.28. The standard InChI is InChI=1S/C16H11N3O2S/c1-10-6-8-11(9-7-10)19-14(16(20)21-18-19)15-17-12-4-2-3-5-13(12)22-15/h2-9H,1H3/p+1. The molecule has 0 spiro atoms. The predicted molar refractivity (Wildman–Crippen MR) is 84.2 cm³/mol. The molecule has 1 N–H and O–H groups in total. The Kier molecular flexibility index (Phi) is 2.90. The van der Waals surface area contributed by atoms with Gasteiger partial charge in [-0.3, -0.25) is 4.52 Å². The summed E-state index contributed by atoms with van der Waals surface area (Å²) in [7, 11) is 0. The van der Waals surface area contributed by atoms with E-state index < -0.39 is 5.63 Å². The maximum Gasteiger partial charge on any atom is 0.438 e. The normalized spacial score (nSPS) is 11.1. The van der Waals surface area contributed by atoms with E-state index in [4.69, 9.17) is 4.52 Å². The van der Waals surface area contributed by atoms with Gasteiger partial charge in [-0.05, 0) is 29.0 Å². The summed E-state index contributed by atoms with van der Waals surface area (Å²) in [5.74, 6) is 0. The quantitative estimate of drug-likeness (QED) is 0.579. The largest absolute Gasteiger partial charge is 0.438 e. The summed E-state index contributed by atoms with van der Waals surface area (Å²) in [6, 6.07) is 15.6. The van der Waals surface area contributed by atoms with Crippen molar-refractivity contribution in [3.05, 3.63) is 64.5 Å². The van der Waals surface area contributed by atoms with Gasteiger partial charge in [0.15, 0.2) is 0 Å². The first-order valence-electron chi connectivity index (χ1n) is 6.79. The van der Waals surface area contributed by atoms with Crippen LogP contribution >= 0.6 is 11.3 Å². The van der Waals surface area contributed by atoms with Crippen LogP contribution in [0.1, 0.15) is 5.56 Å². The number of fused-ring (bicyclic) bond motifs is 1. The summed E-state index contributed by atoms with van der Waals surface area (Å²) in [5, 5.41) is 3.28. The number of hydrogen-bond donors (Lipinski definition) is 1. The van der Waals surface area contributed by atoms with Crippen molar-refractivity contribution < 1.29 is 9.20 Å². The molecular weight excluding hydrogens is 298 g/mol. The predicted octanol–water partition coefficient (Wildman–Crippen LogP) is 2.83. The Labute approximate surface area is 129 Å². The van der Waals surface area contributed by atoms with E-state index in [1.54, 1.807) is 4.68 Å². The minimum absolute atomic E-state index is 0.407. The summed E-state index contributed by atoms with van der Waals surface area (Å²) < 4.78 is 7.64. The van der Waals surface area contributed by atoms with Gasteiger partial charge < -0.3 is 0 Å². The summed E-state index contributed by atoms with van der Waals surface area (Å²) >= 11 is 1.47. The number of H-pyrrole nitrogens is 1. The van der Waals surface area contributed by atoms with Crippen LogP contribution in [-0.2, 0) is 0 Å². The molecule has 2 aromatic heterocycles. The van der Waals surface area contributed by atoms with Crippen molar-refractivity contribution in [2.75, 3.05) is 0 Å². The van der Waals surface area contributed by atoms with Gasteiger partial charge in [0.25, 0.3) is 0 Å². The zero-order chi connectivity index (χ0) is 15.1. The second-order valence-electron chi connectivity index (χ2n) is 4.99. The first-order chi connectivity index (χ1) is 10.7. The summed E-state index contributed by atoms with van der Waals surface area (Å²) in [6.07, 6.45) is 0. The highest BCUT2D eigenvalue weighted by Crippen LogP contribution is 2.27. The van der Waals surface area contributed by atoms with Crippen LogP contribution in [0, 0.1) is 6.92 Å². The van der Waals surface area contributed by atoms with Crippen molar-refractivity contribution in [3.8, 4) is 16.4 Å². The lowest BCUT2D eigenvalue weighted by molar-refractivity contribution is -0.660. The topological polar surface area (TPSA) is 62.8 Å². The Hall–Kier alpha value is -2.73. The SMILES string of the molecule is Cc1ccc(-[n+]2[nH]oc(=O)c2-c2nc3ccccc3s2)cc1. The van der Waals surface area contributed by atoms with Crippen LogP contribution in [0.3, 0.4) is 0 Å². The van der Waals surface area contributed by atoms with Crippen LogP contribution < -0.4 is 10.3 Å². The van der Waals surface area contributed by atoms with Crippen LogP contribution in [0.25, 0.3) is 26.6 Å². The van der Waals surface area contributed by atoms with Crippen molar-refractivity contribution in [2.45, 2.75) is 6.92 Å². The maximum atomic E-state index is 12.1. The average Bonchev–Trinajstić information content (AvgIpc) is 3.11. The van der Waals surface area contributed by atoms with Gasteiger partial charge in [0.2, 0.25) is 10.7 Å². The Morgan fingerprint density at radius 2 is 1.91 bits per heavy atom. The van der Waals surface area contributed by atoms with E-state index >= 15 is 0 Å². The molecule has 108 valence electrons. The molecule has 0 saturated heterocycles. The van der Waals surface area contributed by atoms with Crippen molar-refractivity contribution in [1.29, 1.82) is 0 Å². The smallest absolute Gasteiger partial charge is 0.282 e. The van der Waals surface area contributed by atoms with Gasteiger partial charge in [0.05, 0.1) is 10.2 Å². The molecule has 2 aromatic carbocycles. The molecule has 0 aliphatic rings. The number of aromatic amines is 1. The first kappa shape index (κ1) is 13.0. The van der Waals surface area contributed by atoms with Crippen molar-refractivity contribution in [2.24, 2.45) is 0 Å². The third-order valence-corrected chi connectivity index (χ3v) is 4.48. The third-order valence-electron chi connectivity index (χ3n) is 3.44. The molecule has 4 rings (SSSR count).